The van der Waals surface area contributed by atoms with Gasteiger partial charge in [0.2, 0.25) is 5.91 Å². The van der Waals surface area contributed by atoms with Crippen molar-refractivity contribution in [3.63, 3.8) is 0 Å². The zero-order valence-corrected chi connectivity index (χ0v) is 15.5. The van der Waals surface area contributed by atoms with E-state index in [9.17, 15) is 4.79 Å². The fraction of sp³-hybridized carbons (Fsp3) is 0.944. The zero-order valence-electron chi connectivity index (χ0n) is 15.5. The van der Waals surface area contributed by atoms with Crippen molar-refractivity contribution < 1.29 is 14.1 Å². The van der Waals surface area contributed by atoms with Gasteiger partial charge in [-0.3, -0.25) is 4.79 Å². The number of carbonyl (C=O) groups is 1. The van der Waals surface area contributed by atoms with E-state index in [0.717, 1.165) is 31.7 Å². The summed E-state index contributed by atoms with van der Waals surface area (Å²) in [5, 5.41) is 0. The van der Waals surface area contributed by atoms with Crippen LogP contribution in [0.25, 0.3) is 0 Å². The zero-order chi connectivity index (χ0) is 17.3. The molecule has 5 nitrogen and oxygen atoms in total. The van der Waals surface area contributed by atoms with Gasteiger partial charge in [0, 0.05) is 19.0 Å². The number of amides is 1. The Labute approximate surface area is 145 Å². The Morgan fingerprint density at radius 3 is 2.79 bits per heavy atom. The predicted molar refractivity (Wildman–Crippen MR) is 93.1 cm³/mol. The highest BCUT2D eigenvalue weighted by atomic mass is 16.7. The molecule has 3 aliphatic carbocycles. The third kappa shape index (κ3) is 2.15. The van der Waals surface area contributed by atoms with Crippen LogP contribution in [0.3, 0.4) is 0 Å². The van der Waals surface area contributed by atoms with Crippen molar-refractivity contribution in [2.24, 2.45) is 28.9 Å². The summed E-state index contributed by atoms with van der Waals surface area (Å²) in [7, 11) is -0.272. The Kier molecular flexibility index (Phi) is 3.83. The van der Waals surface area contributed by atoms with E-state index in [1.54, 1.807) is 0 Å². The lowest BCUT2D eigenvalue weighted by Gasteiger charge is -2.64. The molecule has 0 aromatic heterocycles. The Morgan fingerprint density at radius 1 is 1.38 bits per heavy atom. The van der Waals surface area contributed by atoms with E-state index in [1.807, 2.05) is 11.8 Å². The SMILES string of the molecule is C[C@@H](CN)C(=O)N1CCC[C@H]1B1OC2C[C@@H]3C[C@@H](C3(C)C)[C@]2(C)O1. The van der Waals surface area contributed by atoms with Gasteiger partial charge in [-0.2, -0.15) is 0 Å². The number of nitrogens with two attached hydrogens (primary N) is 1. The molecule has 0 aromatic carbocycles. The van der Waals surface area contributed by atoms with Gasteiger partial charge < -0.3 is 19.9 Å². The first kappa shape index (κ1) is 16.9. The van der Waals surface area contributed by atoms with Crippen molar-refractivity contribution in [1.29, 1.82) is 0 Å². The standard InChI is InChI=1S/C18H31BN2O3/c1-11(10-20)16(22)21-7-5-6-15(21)19-23-14-9-12-8-13(17(12,2)3)18(14,4)24-19/h11-15H,5-10,20H2,1-4H3/t11-,12-,13-,14?,15-,18-/m0/s1. The van der Waals surface area contributed by atoms with Crippen LogP contribution in [0, 0.1) is 23.2 Å². The smallest absolute Gasteiger partial charge is 0.404 e. The number of rotatable bonds is 3. The average Bonchev–Trinajstić information content (AvgIpc) is 3.15. The molecule has 2 heterocycles. The molecule has 1 amide bonds. The summed E-state index contributed by atoms with van der Waals surface area (Å²) in [5.41, 5.74) is 5.85. The highest BCUT2D eigenvalue weighted by Gasteiger charge is 2.69. The van der Waals surface area contributed by atoms with Crippen LogP contribution < -0.4 is 5.73 Å². The lowest BCUT2D eigenvalue weighted by atomic mass is 9.43. The number of hydrogen-bond acceptors (Lipinski definition) is 4. The second-order valence-corrected chi connectivity index (χ2v) is 9.22. The average molecular weight is 334 g/mol. The third-order valence-electron chi connectivity index (χ3n) is 7.64. The Hall–Kier alpha value is -0.585. The molecule has 2 aliphatic heterocycles. The molecule has 24 heavy (non-hydrogen) atoms. The summed E-state index contributed by atoms with van der Waals surface area (Å²) in [6.07, 6.45) is 4.53. The van der Waals surface area contributed by atoms with Gasteiger partial charge in [0.15, 0.2) is 0 Å². The highest BCUT2D eigenvalue weighted by Crippen LogP contribution is 2.65. The molecule has 5 aliphatic rings. The lowest BCUT2D eigenvalue weighted by molar-refractivity contribution is -0.199. The van der Waals surface area contributed by atoms with Gasteiger partial charge in [0.05, 0.1) is 17.6 Å². The molecule has 3 saturated carbocycles. The summed E-state index contributed by atoms with van der Waals surface area (Å²) >= 11 is 0. The van der Waals surface area contributed by atoms with Crippen LogP contribution in [0.1, 0.15) is 53.4 Å². The van der Waals surface area contributed by atoms with Crippen molar-refractivity contribution in [3.8, 4) is 0 Å². The molecule has 5 fully saturated rings. The van der Waals surface area contributed by atoms with E-state index in [-0.39, 0.29) is 36.6 Å². The topological polar surface area (TPSA) is 64.8 Å². The minimum atomic E-state index is -0.272. The van der Waals surface area contributed by atoms with Gasteiger partial charge in [0.25, 0.3) is 0 Å². The Balaban J connectivity index is 1.51. The van der Waals surface area contributed by atoms with Gasteiger partial charge in [-0.15, -0.1) is 0 Å². The molecule has 6 heteroatoms. The van der Waals surface area contributed by atoms with E-state index in [2.05, 4.69) is 20.8 Å². The molecule has 134 valence electrons. The highest BCUT2D eigenvalue weighted by molar-refractivity contribution is 6.48. The second kappa shape index (κ2) is 5.45. The first-order valence-electron chi connectivity index (χ1n) is 9.63. The Morgan fingerprint density at radius 2 is 2.12 bits per heavy atom. The molecule has 1 unspecified atom stereocenters. The first-order chi connectivity index (χ1) is 11.3. The molecule has 6 atom stereocenters. The van der Waals surface area contributed by atoms with E-state index >= 15 is 0 Å². The van der Waals surface area contributed by atoms with Crippen LogP contribution in [-0.2, 0) is 14.1 Å². The first-order valence-corrected chi connectivity index (χ1v) is 9.63. The third-order valence-corrected chi connectivity index (χ3v) is 7.64. The number of nitrogens with zero attached hydrogens (tertiary/aromatic N) is 1. The number of likely N-dealkylation sites (tertiary alicyclic amines) is 1. The van der Waals surface area contributed by atoms with Crippen molar-refractivity contribution in [3.05, 3.63) is 0 Å². The van der Waals surface area contributed by atoms with Crippen LogP contribution >= 0.6 is 0 Å². The normalized spacial score (nSPS) is 44.2. The molecular formula is C18H31BN2O3. The van der Waals surface area contributed by atoms with Crippen LogP contribution in [-0.4, -0.2) is 48.7 Å². The molecule has 0 aromatic rings. The fourth-order valence-corrected chi connectivity index (χ4v) is 5.80. The summed E-state index contributed by atoms with van der Waals surface area (Å²) in [4.78, 5) is 14.6. The van der Waals surface area contributed by atoms with Gasteiger partial charge in [-0.1, -0.05) is 20.8 Å². The minimum absolute atomic E-state index is 0.0502. The van der Waals surface area contributed by atoms with Gasteiger partial charge in [-0.25, -0.2) is 0 Å². The fourth-order valence-electron chi connectivity index (χ4n) is 5.80. The maximum atomic E-state index is 12.6. The number of carbonyl (C=O) groups excluding carboxylic acids is 1. The van der Waals surface area contributed by atoms with Gasteiger partial charge >= 0.3 is 7.12 Å². The van der Waals surface area contributed by atoms with Crippen LogP contribution in [0.2, 0.25) is 0 Å². The molecule has 2 bridgehead atoms. The quantitative estimate of drug-likeness (QED) is 0.800. The largest absolute Gasteiger partial charge is 0.481 e. The maximum Gasteiger partial charge on any atom is 0.481 e. The maximum absolute atomic E-state index is 12.6. The van der Waals surface area contributed by atoms with Crippen LogP contribution in [0.15, 0.2) is 0 Å². The lowest BCUT2D eigenvalue weighted by Crippen LogP contribution is -2.65. The van der Waals surface area contributed by atoms with Crippen molar-refractivity contribution in [2.75, 3.05) is 13.1 Å². The molecule has 0 spiro atoms. The molecule has 0 radical (unpaired) electrons. The number of hydrogen-bond donors (Lipinski definition) is 1. The molecular weight excluding hydrogens is 303 g/mol. The monoisotopic (exact) mass is 334 g/mol. The van der Waals surface area contributed by atoms with E-state index in [1.165, 1.54) is 6.42 Å². The van der Waals surface area contributed by atoms with Gasteiger partial charge in [0.1, 0.15) is 0 Å². The molecule has 5 rings (SSSR count). The summed E-state index contributed by atoms with van der Waals surface area (Å²) in [5.74, 6) is 1.39. The van der Waals surface area contributed by atoms with E-state index in [4.69, 9.17) is 15.0 Å². The summed E-state index contributed by atoms with van der Waals surface area (Å²) in [6, 6.07) is 0. The summed E-state index contributed by atoms with van der Waals surface area (Å²) in [6.45, 7) is 10.1. The van der Waals surface area contributed by atoms with E-state index in [0.29, 0.717) is 17.9 Å². The van der Waals surface area contributed by atoms with Gasteiger partial charge in [-0.05, 0) is 49.9 Å². The Bertz CT molecular complexity index is 542. The minimum Gasteiger partial charge on any atom is -0.404 e. The van der Waals surface area contributed by atoms with Crippen molar-refractivity contribution >= 4 is 13.0 Å². The molecule has 2 N–H and O–H groups in total. The summed E-state index contributed by atoms with van der Waals surface area (Å²) < 4.78 is 13.0. The van der Waals surface area contributed by atoms with Crippen LogP contribution in [0.4, 0.5) is 0 Å². The van der Waals surface area contributed by atoms with E-state index < -0.39 is 0 Å². The predicted octanol–water partition coefficient (Wildman–Crippen LogP) is 1.84. The molecule has 2 saturated heterocycles. The van der Waals surface area contributed by atoms with Crippen LogP contribution in [0.5, 0.6) is 0 Å². The van der Waals surface area contributed by atoms with Crippen molar-refractivity contribution in [1.82, 2.24) is 4.90 Å². The van der Waals surface area contributed by atoms with Crippen molar-refractivity contribution in [2.45, 2.75) is 71.0 Å². The second-order valence-electron chi connectivity index (χ2n) is 9.22.